The molecule has 1 saturated heterocycles. The molecule has 0 atom stereocenters. The molecule has 1 aromatic heterocycles. The van der Waals surface area contributed by atoms with Crippen LogP contribution in [0.4, 0.5) is 14.6 Å². The summed E-state index contributed by atoms with van der Waals surface area (Å²) in [4.78, 5) is 28.5. The van der Waals surface area contributed by atoms with Gasteiger partial charge in [-0.2, -0.15) is 0 Å². The molecule has 0 radical (unpaired) electrons. The summed E-state index contributed by atoms with van der Waals surface area (Å²) < 4.78 is 28.4. The van der Waals surface area contributed by atoms with E-state index in [1.54, 1.807) is 6.20 Å². The van der Waals surface area contributed by atoms with Gasteiger partial charge >= 0.3 is 0 Å². The Morgan fingerprint density at radius 1 is 1.06 bits per heavy atom. The number of aryl methyl sites for hydroxylation is 1. The Morgan fingerprint density at radius 2 is 1.83 bits per heavy atom. The van der Waals surface area contributed by atoms with Crippen LogP contribution in [0.5, 0.6) is 0 Å². The SMILES string of the molecule is CN1CCN(C(=O)c2cccc(-c3cnc4c(n3)N(Cc3c(F)ccc(F)c3Cl)CCC4)c2)CC1. The molecule has 0 bridgehead atoms. The number of nitrogens with zero attached hydrogens (tertiary/aromatic N) is 5. The summed E-state index contributed by atoms with van der Waals surface area (Å²) in [5.41, 5.74) is 2.91. The third-order valence-electron chi connectivity index (χ3n) is 6.65. The van der Waals surface area contributed by atoms with Crippen molar-refractivity contribution in [2.45, 2.75) is 19.4 Å². The van der Waals surface area contributed by atoms with Crippen molar-refractivity contribution in [2.24, 2.45) is 0 Å². The third-order valence-corrected chi connectivity index (χ3v) is 7.06. The minimum Gasteiger partial charge on any atom is -0.351 e. The molecule has 6 nitrogen and oxygen atoms in total. The number of benzene rings is 2. The van der Waals surface area contributed by atoms with Crippen molar-refractivity contribution in [3.63, 3.8) is 0 Å². The zero-order valence-corrected chi connectivity index (χ0v) is 20.2. The maximum Gasteiger partial charge on any atom is 0.253 e. The molecule has 35 heavy (non-hydrogen) atoms. The van der Waals surface area contributed by atoms with Crippen LogP contribution in [0.15, 0.2) is 42.6 Å². The van der Waals surface area contributed by atoms with Crippen molar-refractivity contribution in [1.82, 2.24) is 19.8 Å². The van der Waals surface area contributed by atoms with Crippen LogP contribution in [-0.4, -0.2) is 65.4 Å². The van der Waals surface area contributed by atoms with Crippen molar-refractivity contribution < 1.29 is 13.6 Å². The summed E-state index contributed by atoms with van der Waals surface area (Å²) in [5, 5.41) is -0.212. The Labute approximate surface area is 208 Å². The molecule has 1 fully saturated rings. The number of rotatable bonds is 4. The summed E-state index contributed by atoms with van der Waals surface area (Å²) in [6.45, 7) is 3.83. The molecule has 182 valence electrons. The molecule has 0 saturated carbocycles. The Kier molecular flexibility index (Phi) is 6.67. The van der Waals surface area contributed by atoms with Gasteiger partial charge in [0.25, 0.3) is 5.91 Å². The molecule has 3 heterocycles. The van der Waals surface area contributed by atoms with Gasteiger partial charge in [-0.3, -0.25) is 9.78 Å². The van der Waals surface area contributed by atoms with Crippen molar-refractivity contribution in [3.8, 4) is 11.3 Å². The molecule has 0 aliphatic carbocycles. The first kappa shape index (κ1) is 23.6. The maximum absolute atomic E-state index is 14.4. The van der Waals surface area contributed by atoms with Gasteiger partial charge in [-0.15, -0.1) is 0 Å². The number of hydrogen-bond acceptors (Lipinski definition) is 5. The fourth-order valence-corrected chi connectivity index (χ4v) is 4.79. The lowest BCUT2D eigenvalue weighted by Crippen LogP contribution is -2.47. The van der Waals surface area contributed by atoms with Crippen LogP contribution in [0.2, 0.25) is 5.02 Å². The predicted octanol–water partition coefficient (Wildman–Crippen LogP) is 4.42. The summed E-state index contributed by atoms with van der Waals surface area (Å²) in [6.07, 6.45) is 3.28. The van der Waals surface area contributed by atoms with Crippen LogP contribution in [0.1, 0.15) is 28.0 Å². The van der Waals surface area contributed by atoms with E-state index in [1.165, 1.54) is 0 Å². The zero-order chi connectivity index (χ0) is 24.5. The smallest absolute Gasteiger partial charge is 0.253 e. The molecule has 0 N–H and O–H groups in total. The van der Waals surface area contributed by atoms with Crippen LogP contribution in [0.3, 0.4) is 0 Å². The van der Waals surface area contributed by atoms with Gasteiger partial charge in [-0.25, -0.2) is 13.8 Å². The number of carbonyl (C=O) groups excluding carboxylic acids is 1. The molecule has 0 unspecified atom stereocenters. The molecule has 9 heteroatoms. The second kappa shape index (κ2) is 9.87. The van der Waals surface area contributed by atoms with Gasteiger partial charge in [0.05, 0.1) is 22.6 Å². The van der Waals surface area contributed by atoms with E-state index in [-0.39, 0.29) is 23.0 Å². The zero-order valence-electron chi connectivity index (χ0n) is 19.5. The second-order valence-corrected chi connectivity index (χ2v) is 9.43. The van der Waals surface area contributed by atoms with Crippen LogP contribution >= 0.6 is 11.6 Å². The first-order valence-electron chi connectivity index (χ1n) is 11.7. The highest BCUT2D eigenvalue weighted by Gasteiger charge is 2.24. The number of aromatic nitrogens is 2. The van der Waals surface area contributed by atoms with Crippen molar-refractivity contribution >= 4 is 23.3 Å². The van der Waals surface area contributed by atoms with Crippen molar-refractivity contribution in [2.75, 3.05) is 44.7 Å². The second-order valence-electron chi connectivity index (χ2n) is 9.05. The first-order chi connectivity index (χ1) is 16.9. The highest BCUT2D eigenvalue weighted by molar-refractivity contribution is 6.31. The van der Waals surface area contributed by atoms with Crippen LogP contribution in [0.25, 0.3) is 11.3 Å². The monoisotopic (exact) mass is 497 g/mol. The van der Waals surface area contributed by atoms with E-state index in [9.17, 15) is 13.6 Å². The van der Waals surface area contributed by atoms with Gasteiger partial charge < -0.3 is 14.7 Å². The van der Waals surface area contributed by atoms with Gasteiger partial charge in [0.1, 0.15) is 11.6 Å². The number of halogens is 3. The number of likely N-dealkylation sites (N-methyl/N-ethyl adjacent to an activating group) is 1. The van der Waals surface area contributed by atoms with E-state index in [1.807, 2.05) is 34.1 Å². The predicted molar refractivity (Wildman–Crippen MR) is 132 cm³/mol. The standard InChI is InChI=1S/C26H26ClF2N5O/c1-32-10-12-33(13-11-32)26(35)18-5-2-4-17(14-18)23-15-30-22-6-3-9-34(25(22)31-23)16-19-20(28)7-8-21(29)24(19)27/h2,4-5,7-8,14-15H,3,6,9-13,16H2,1H3. The molecule has 0 spiro atoms. The quantitative estimate of drug-likeness (QED) is 0.500. The van der Waals surface area contributed by atoms with E-state index in [2.05, 4.69) is 16.9 Å². The molecule has 2 aliphatic heterocycles. The first-order valence-corrected chi connectivity index (χ1v) is 12.1. The molecular formula is C26H26ClF2N5O. The average molecular weight is 498 g/mol. The largest absolute Gasteiger partial charge is 0.351 e. The minimum absolute atomic E-state index is 0.00344. The molecule has 2 aliphatic rings. The molecule has 2 aromatic carbocycles. The Bertz CT molecular complexity index is 1260. The lowest BCUT2D eigenvalue weighted by molar-refractivity contribution is 0.0664. The van der Waals surface area contributed by atoms with Gasteiger partial charge in [0.2, 0.25) is 0 Å². The van der Waals surface area contributed by atoms with Gasteiger partial charge in [-0.1, -0.05) is 23.7 Å². The fraction of sp³-hybridized carbons (Fsp3) is 0.346. The lowest BCUT2D eigenvalue weighted by atomic mass is 10.1. The minimum atomic E-state index is -0.651. The maximum atomic E-state index is 14.4. The van der Waals surface area contributed by atoms with E-state index >= 15 is 0 Å². The Balaban J connectivity index is 1.43. The van der Waals surface area contributed by atoms with Crippen LogP contribution < -0.4 is 4.90 Å². The lowest BCUT2D eigenvalue weighted by Gasteiger charge is -2.32. The number of hydrogen-bond donors (Lipinski definition) is 0. The summed E-state index contributed by atoms with van der Waals surface area (Å²) in [7, 11) is 2.05. The number of amides is 1. The summed E-state index contributed by atoms with van der Waals surface area (Å²) in [6, 6.07) is 9.52. The number of fused-ring (bicyclic) bond motifs is 1. The fourth-order valence-electron chi connectivity index (χ4n) is 4.58. The highest BCUT2D eigenvalue weighted by atomic mass is 35.5. The van der Waals surface area contributed by atoms with E-state index in [0.717, 1.165) is 49.3 Å². The van der Waals surface area contributed by atoms with Gasteiger partial charge in [-0.05, 0) is 44.2 Å². The topological polar surface area (TPSA) is 52.6 Å². The van der Waals surface area contributed by atoms with E-state index in [0.29, 0.717) is 36.7 Å². The molecule has 5 rings (SSSR count). The van der Waals surface area contributed by atoms with E-state index in [4.69, 9.17) is 16.6 Å². The normalized spacial score (nSPS) is 16.3. The molecule has 3 aromatic rings. The number of anilines is 1. The van der Waals surface area contributed by atoms with E-state index < -0.39 is 11.6 Å². The Morgan fingerprint density at radius 3 is 2.63 bits per heavy atom. The number of piperazine rings is 1. The summed E-state index contributed by atoms with van der Waals surface area (Å²) in [5.74, 6) is -0.572. The van der Waals surface area contributed by atoms with Crippen LogP contribution in [0, 0.1) is 11.6 Å². The van der Waals surface area contributed by atoms with Gasteiger partial charge in [0.15, 0.2) is 5.82 Å². The number of carbonyl (C=O) groups is 1. The van der Waals surface area contributed by atoms with Crippen molar-refractivity contribution in [3.05, 3.63) is 76.1 Å². The average Bonchev–Trinajstić information content (AvgIpc) is 2.89. The Hall–Kier alpha value is -3.10. The molecule has 1 amide bonds. The van der Waals surface area contributed by atoms with Gasteiger partial charge in [0, 0.05) is 56.0 Å². The third kappa shape index (κ3) is 4.86. The van der Waals surface area contributed by atoms with Crippen molar-refractivity contribution in [1.29, 1.82) is 0 Å². The molecular weight excluding hydrogens is 472 g/mol. The van der Waals surface area contributed by atoms with Crippen LogP contribution in [-0.2, 0) is 13.0 Å². The summed E-state index contributed by atoms with van der Waals surface area (Å²) >= 11 is 6.07. The highest BCUT2D eigenvalue weighted by Crippen LogP contribution is 2.31.